The Balaban J connectivity index is 2.15. The fourth-order valence-corrected chi connectivity index (χ4v) is 3.02. The Morgan fingerprint density at radius 1 is 1.37 bits per heavy atom. The van der Waals surface area contributed by atoms with Crippen molar-refractivity contribution in [1.82, 2.24) is 14.8 Å². The van der Waals surface area contributed by atoms with Gasteiger partial charge in [-0.2, -0.15) is 0 Å². The van der Waals surface area contributed by atoms with Gasteiger partial charge in [0.2, 0.25) is 0 Å². The Bertz CT molecular complexity index is 563. The molecule has 19 heavy (non-hydrogen) atoms. The summed E-state index contributed by atoms with van der Waals surface area (Å²) in [6.07, 6.45) is 0. The normalized spacial score (nSPS) is 11.3. The molecular weight excluding hydrogens is 285 g/mol. The van der Waals surface area contributed by atoms with Gasteiger partial charge in [-0.3, -0.25) is 0 Å². The lowest BCUT2D eigenvalue weighted by Crippen LogP contribution is -2.01. The molecule has 1 aromatic heterocycles. The molecule has 0 saturated heterocycles. The van der Waals surface area contributed by atoms with Gasteiger partial charge in [0.15, 0.2) is 5.16 Å². The number of rotatable bonds is 4. The lowest BCUT2D eigenvalue weighted by molar-refractivity contribution is 0.617. The molecule has 2 aromatic rings. The van der Waals surface area contributed by atoms with Gasteiger partial charge in [0.05, 0.1) is 0 Å². The van der Waals surface area contributed by atoms with Crippen molar-refractivity contribution in [1.29, 1.82) is 0 Å². The quantitative estimate of drug-likeness (QED) is 0.799. The molecule has 0 spiro atoms. The highest BCUT2D eigenvalue weighted by Crippen LogP contribution is 2.28. The predicted octanol–water partition coefficient (Wildman–Crippen LogP) is 4.02. The molecule has 3 nitrogen and oxygen atoms in total. The van der Waals surface area contributed by atoms with Crippen molar-refractivity contribution < 1.29 is 4.39 Å². The maximum absolute atomic E-state index is 13.6. The van der Waals surface area contributed by atoms with Gasteiger partial charge in [0, 0.05) is 29.3 Å². The molecule has 2 rings (SSSR count). The first-order chi connectivity index (χ1) is 9.00. The minimum absolute atomic E-state index is 0.286. The van der Waals surface area contributed by atoms with Crippen LogP contribution >= 0.6 is 23.4 Å². The molecular formula is C13H15ClFN3S. The van der Waals surface area contributed by atoms with Crippen LogP contribution in [0.2, 0.25) is 5.02 Å². The molecule has 1 aromatic carbocycles. The van der Waals surface area contributed by atoms with E-state index in [2.05, 4.69) is 24.0 Å². The summed E-state index contributed by atoms with van der Waals surface area (Å²) in [6, 6.07) is 4.71. The molecule has 0 aliphatic carbocycles. The van der Waals surface area contributed by atoms with Crippen LogP contribution < -0.4 is 0 Å². The van der Waals surface area contributed by atoms with E-state index >= 15 is 0 Å². The minimum atomic E-state index is -0.286. The zero-order valence-corrected chi connectivity index (χ0v) is 12.6. The van der Waals surface area contributed by atoms with Crippen LogP contribution in [0.15, 0.2) is 23.4 Å². The van der Waals surface area contributed by atoms with Crippen molar-refractivity contribution in [3.05, 3.63) is 40.4 Å². The lowest BCUT2D eigenvalue weighted by atomic mass is 10.2. The van der Waals surface area contributed by atoms with Crippen LogP contribution in [-0.4, -0.2) is 14.8 Å². The van der Waals surface area contributed by atoms with Crippen LogP contribution in [0.5, 0.6) is 0 Å². The molecule has 0 bridgehead atoms. The average Bonchev–Trinajstić information content (AvgIpc) is 2.70. The van der Waals surface area contributed by atoms with E-state index in [1.165, 1.54) is 17.8 Å². The number of hydrogen-bond donors (Lipinski definition) is 0. The standard InChI is InChI=1S/C13H15ClFN3S/c1-8(2)12-16-17-13(18(12)3)19-7-9-10(14)5-4-6-11(9)15/h4-6,8H,7H2,1-3H3. The highest BCUT2D eigenvalue weighted by Gasteiger charge is 2.14. The average molecular weight is 300 g/mol. The van der Waals surface area contributed by atoms with Crippen molar-refractivity contribution in [3.63, 3.8) is 0 Å². The highest BCUT2D eigenvalue weighted by atomic mass is 35.5. The predicted molar refractivity (Wildman–Crippen MR) is 76.1 cm³/mol. The highest BCUT2D eigenvalue weighted by molar-refractivity contribution is 7.98. The molecule has 0 atom stereocenters. The largest absolute Gasteiger partial charge is 0.309 e. The lowest BCUT2D eigenvalue weighted by Gasteiger charge is -2.07. The van der Waals surface area contributed by atoms with Crippen LogP contribution in [0.1, 0.15) is 31.2 Å². The van der Waals surface area contributed by atoms with Crippen molar-refractivity contribution in [2.45, 2.75) is 30.7 Å². The first-order valence-corrected chi connectivity index (χ1v) is 7.32. The van der Waals surface area contributed by atoms with Gasteiger partial charge in [-0.1, -0.05) is 43.3 Å². The van der Waals surface area contributed by atoms with Crippen LogP contribution in [-0.2, 0) is 12.8 Å². The van der Waals surface area contributed by atoms with Crippen LogP contribution in [0.4, 0.5) is 4.39 Å². The number of aromatic nitrogens is 3. The van der Waals surface area contributed by atoms with Gasteiger partial charge in [0.1, 0.15) is 11.6 Å². The minimum Gasteiger partial charge on any atom is -0.309 e. The molecule has 0 unspecified atom stereocenters. The Morgan fingerprint density at radius 2 is 2.11 bits per heavy atom. The second kappa shape index (κ2) is 5.92. The van der Waals surface area contributed by atoms with E-state index < -0.39 is 0 Å². The molecule has 0 N–H and O–H groups in total. The summed E-state index contributed by atoms with van der Waals surface area (Å²) in [7, 11) is 1.92. The van der Waals surface area contributed by atoms with Gasteiger partial charge in [-0.15, -0.1) is 10.2 Å². The summed E-state index contributed by atoms with van der Waals surface area (Å²) in [6.45, 7) is 4.12. The Kier molecular flexibility index (Phi) is 4.47. The molecule has 1 heterocycles. The number of benzene rings is 1. The van der Waals surface area contributed by atoms with Crippen molar-refractivity contribution in [2.75, 3.05) is 0 Å². The van der Waals surface area contributed by atoms with Gasteiger partial charge >= 0.3 is 0 Å². The number of thioether (sulfide) groups is 1. The van der Waals surface area contributed by atoms with Gasteiger partial charge < -0.3 is 4.57 Å². The first-order valence-electron chi connectivity index (χ1n) is 5.95. The second-order valence-electron chi connectivity index (χ2n) is 4.54. The first kappa shape index (κ1) is 14.3. The fourth-order valence-electron chi connectivity index (χ4n) is 1.76. The molecule has 0 aliphatic rings. The van der Waals surface area contributed by atoms with Gasteiger partial charge in [-0.05, 0) is 12.1 Å². The number of halogens is 2. The zero-order valence-electron chi connectivity index (χ0n) is 11.0. The second-order valence-corrected chi connectivity index (χ2v) is 5.89. The molecule has 6 heteroatoms. The van der Waals surface area contributed by atoms with E-state index in [9.17, 15) is 4.39 Å². The maximum Gasteiger partial charge on any atom is 0.191 e. The maximum atomic E-state index is 13.6. The SMILES string of the molecule is CC(C)c1nnc(SCc2c(F)cccc2Cl)n1C. The molecule has 0 aliphatic heterocycles. The van der Waals surface area contributed by atoms with E-state index in [0.29, 0.717) is 22.3 Å². The van der Waals surface area contributed by atoms with E-state index in [0.717, 1.165) is 11.0 Å². The number of hydrogen-bond acceptors (Lipinski definition) is 3. The van der Waals surface area contributed by atoms with Crippen LogP contribution in [0, 0.1) is 5.82 Å². The summed E-state index contributed by atoms with van der Waals surface area (Å²) in [5.74, 6) is 1.38. The van der Waals surface area contributed by atoms with E-state index in [-0.39, 0.29) is 5.82 Å². The van der Waals surface area contributed by atoms with Crippen molar-refractivity contribution in [3.8, 4) is 0 Å². The van der Waals surface area contributed by atoms with E-state index in [1.54, 1.807) is 12.1 Å². The summed E-state index contributed by atoms with van der Waals surface area (Å²) in [5, 5.41) is 9.47. The molecule has 0 fully saturated rings. The third-order valence-electron chi connectivity index (χ3n) is 2.79. The molecule has 0 radical (unpaired) electrons. The summed E-state index contributed by atoms with van der Waals surface area (Å²) in [4.78, 5) is 0. The van der Waals surface area contributed by atoms with Gasteiger partial charge in [-0.25, -0.2) is 4.39 Å². The van der Waals surface area contributed by atoms with Crippen LogP contribution in [0.25, 0.3) is 0 Å². The fraction of sp³-hybridized carbons (Fsp3) is 0.385. The topological polar surface area (TPSA) is 30.7 Å². The Labute approximate surface area is 121 Å². The third-order valence-corrected chi connectivity index (χ3v) is 4.19. The summed E-state index contributed by atoms with van der Waals surface area (Å²) >= 11 is 7.43. The summed E-state index contributed by atoms with van der Waals surface area (Å²) in [5.41, 5.74) is 0.503. The molecule has 0 amide bonds. The monoisotopic (exact) mass is 299 g/mol. The van der Waals surface area contributed by atoms with E-state index in [1.807, 2.05) is 11.6 Å². The van der Waals surface area contributed by atoms with Crippen molar-refractivity contribution in [2.24, 2.45) is 7.05 Å². The van der Waals surface area contributed by atoms with Crippen molar-refractivity contribution >= 4 is 23.4 Å². The third kappa shape index (κ3) is 3.09. The van der Waals surface area contributed by atoms with E-state index in [4.69, 9.17) is 11.6 Å². The Morgan fingerprint density at radius 3 is 2.68 bits per heavy atom. The zero-order chi connectivity index (χ0) is 14.0. The van der Waals surface area contributed by atoms with Gasteiger partial charge in [0.25, 0.3) is 0 Å². The van der Waals surface area contributed by atoms with Crippen LogP contribution in [0.3, 0.4) is 0 Å². The molecule has 0 saturated carbocycles. The molecule has 102 valence electrons. The number of nitrogens with zero attached hydrogens (tertiary/aromatic N) is 3. The smallest absolute Gasteiger partial charge is 0.191 e. The Hall–Kier alpha value is -1.07. The summed E-state index contributed by atoms with van der Waals surface area (Å²) < 4.78 is 15.6.